The van der Waals surface area contributed by atoms with E-state index in [0.29, 0.717) is 12.4 Å². The van der Waals surface area contributed by atoms with Gasteiger partial charge < -0.3 is 10.1 Å². The molecule has 1 aliphatic rings. The van der Waals surface area contributed by atoms with E-state index >= 15 is 0 Å². The van der Waals surface area contributed by atoms with E-state index in [1.165, 1.54) is 31.4 Å². The number of ether oxygens (including phenoxy) is 1. The second kappa shape index (κ2) is 10.4. The largest absolute Gasteiger partial charge is 0.492 e. The molecule has 0 amide bonds. The molecule has 6 nitrogen and oxygen atoms in total. The zero-order valence-corrected chi connectivity index (χ0v) is 14.4. The minimum absolute atomic E-state index is 0. The standard InChI is InChI=1S/C16H25N3O3.ClH/c1-17-9-6-14-7-10-18(11-8-14)12-13-22-16-4-2-15(3-5-16)19(20)21;/h2-5,14,17H,6-13H2,1H3;1H. The second-order valence-corrected chi connectivity index (χ2v) is 5.78. The summed E-state index contributed by atoms with van der Waals surface area (Å²) < 4.78 is 5.66. The monoisotopic (exact) mass is 343 g/mol. The van der Waals surface area contributed by atoms with Crippen LogP contribution in [-0.4, -0.2) is 49.7 Å². The predicted octanol–water partition coefficient (Wildman–Crippen LogP) is 2.72. The first kappa shape index (κ1) is 19.7. The molecule has 1 aromatic rings. The van der Waals surface area contributed by atoms with Crippen LogP contribution in [0.1, 0.15) is 19.3 Å². The molecule has 0 aromatic heterocycles. The fraction of sp³-hybridized carbons (Fsp3) is 0.625. The molecular formula is C16H26ClN3O3. The van der Waals surface area contributed by atoms with Crippen LogP contribution in [0.4, 0.5) is 5.69 Å². The molecule has 0 unspecified atom stereocenters. The van der Waals surface area contributed by atoms with Gasteiger partial charge in [-0.3, -0.25) is 15.0 Å². The maximum absolute atomic E-state index is 10.6. The van der Waals surface area contributed by atoms with Crippen molar-refractivity contribution in [2.75, 3.05) is 39.8 Å². The smallest absolute Gasteiger partial charge is 0.269 e. The molecule has 1 aliphatic heterocycles. The van der Waals surface area contributed by atoms with Gasteiger partial charge in [0, 0.05) is 18.7 Å². The van der Waals surface area contributed by atoms with Crippen LogP contribution < -0.4 is 10.1 Å². The summed E-state index contributed by atoms with van der Waals surface area (Å²) in [5.41, 5.74) is 0.0935. The molecule has 0 bridgehead atoms. The highest BCUT2D eigenvalue weighted by atomic mass is 35.5. The molecule has 23 heavy (non-hydrogen) atoms. The Kier molecular flexibility index (Phi) is 8.91. The summed E-state index contributed by atoms with van der Waals surface area (Å²) in [7, 11) is 2.00. The van der Waals surface area contributed by atoms with E-state index in [0.717, 1.165) is 32.1 Å². The van der Waals surface area contributed by atoms with Gasteiger partial charge in [0.05, 0.1) is 4.92 Å². The van der Waals surface area contributed by atoms with Crippen molar-refractivity contribution in [1.82, 2.24) is 10.2 Å². The van der Waals surface area contributed by atoms with Gasteiger partial charge in [0.1, 0.15) is 12.4 Å². The van der Waals surface area contributed by atoms with Crippen LogP contribution >= 0.6 is 12.4 Å². The summed E-state index contributed by atoms with van der Waals surface area (Å²) in [6.07, 6.45) is 3.79. The van der Waals surface area contributed by atoms with Crippen LogP contribution in [0.25, 0.3) is 0 Å². The number of halogens is 1. The lowest BCUT2D eigenvalue weighted by atomic mass is 9.93. The fourth-order valence-electron chi connectivity index (χ4n) is 2.80. The van der Waals surface area contributed by atoms with Gasteiger partial charge in [-0.25, -0.2) is 0 Å². The minimum Gasteiger partial charge on any atom is -0.492 e. The lowest BCUT2D eigenvalue weighted by Gasteiger charge is -2.31. The number of rotatable bonds is 8. The molecule has 1 aromatic carbocycles. The highest BCUT2D eigenvalue weighted by Crippen LogP contribution is 2.20. The summed E-state index contributed by atoms with van der Waals surface area (Å²) in [5.74, 6) is 1.54. The molecule has 130 valence electrons. The number of nitro groups is 1. The summed E-state index contributed by atoms with van der Waals surface area (Å²) in [5, 5.41) is 13.8. The van der Waals surface area contributed by atoms with E-state index < -0.39 is 4.92 Å². The lowest BCUT2D eigenvalue weighted by Crippen LogP contribution is -2.37. The van der Waals surface area contributed by atoms with E-state index in [1.54, 1.807) is 12.1 Å². The molecule has 1 saturated heterocycles. The number of hydrogen-bond donors (Lipinski definition) is 1. The number of nitrogens with zero attached hydrogens (tertiary/aromatic N) is 2. The van der Waals surface area contributed by atoms with Crippen LogP contribution in [0.15, 0.2) is 24.3 Å². The molecule has 0 atom stereocenters. The first-order chi connectivity index (χ1) is 10.7. The van der Waals surface area contributed by atoms with Crippen LogP contribution in [0.2, 0.25) is 0 Å². The maximum Gasteiger partial charge on any atom is 0.269 e. The zero-order valence-electron chi connectivity index (χ0n) is 13.6. The Morgan fingerprint density at radius 3 is 2.52 bits per heavy atom. The number of nitrogens with one attached hydrogen (secondary N) is 1. The molecule has 0 radical (unpaired) electrons. The van der Waals surface area contributed by atoms with Gasteiger partial charge in [-0.15, -0.1) is 12.4 Å². The van der Waals surface area contributed by atoms with Gasteiger partial charge >= 0.3 is 0 Å². The van der Waals surface area contributed by atoms with Crippen molar-refractivity contribution in [2.45, 2.75) is 19.3 Å². The first-order valence-corrected chi connectivity index (χ1v) is 7.93. The predicted molar refractivity (Wildman–Crippen MR) is 93.5 cm³/mol. The average molecular weight is 344 g/mol. The maximum atomic E-state index is 10.6. The summed E-state index contributed by atoms with van der Waals surface area (Å²) in [6, 6.07) is 6.26. The van der Waals surface area contributed by atoms with Crippen LogP contribution in [0.3, 0.4) is 0 Å². The van der Waals surface area contributed by atoms with E-state index in [-0.39, 0.29) is 18.1 Å². The Hall–Kier alpha value is -1.37. The highest BCUT2D eigenvalue weighted by Gasteiger charge is 2.18. The number of nitro benzene ring substituents is 1. The van der Waals surface area contributed by atoms with Gasteiger partial charge in [0.2, 0.25) is 0 Å². The molecule has 0 spiro atoms. The Morgan fingerprint density at radius 1 is 1.30 bits per heavy atom. The van der Waals surface area contributed by atoms with E-state index in [1.807, 2.05) is 7.05 Å². The normalized spacial score (nSPS) is 15.9. The summed E-state index contributed by atoms with van der Waals surface area (Å²) in [4.78, 5) is 12.6. The van der Waals surface area contributed by atoms with Gasteiger partial charge in [0.15, 0.2) is 0 Å². The van der Waals surface area contributed by atoms with Gasteiger partial charge in [0.25, 0.3) is 5.69 Å². The molecule has 7 heteroatoms. The number of likely N-dealkylation sites (tertiary alicyclic amines) is 1. The Labute approximate surface area is 143 Å². The van der Waals surface area contributed by atoms with E-state index in [9.17, 15) is 10.1 Å². The topological polar surface area (TPSA) is 67.6 Å². The molecule has 0 aliphatic carbocycles. The van der Waals surface area contributed by atoms with Crippen molar-refractivity contribution in [3.63, 3.8) is 0 Å². The third-order valence-corrected chi connectivity index (χ3v) is 4.23. The molecule has 1 heterocycles. The SMILES string of the molecule is CNCCC1CCN(CCOc2ccc([N+](=O)[O-])cc2)CC1.Cl. The lowest BCUT2D eigenvalue weighted by molar-refractivity contribution is -0.384. The molecule has 0 saturated carbocycles. The van der Waals surface area contributed by atoms with Crippen molar-refractivity contribution in [3.8, 4) is 5.75 Å². The Balaban J connectivity index is 0.00000264. The minimum atomic E-state index is -0.401. The molecule has 1 fully saturated rings. The number of benzene rings is 1. The third kappa shape index (κ3) is 6.72. The van der Waals surface area contributed by atoms with E-state index in [4.69, 9.17) is 4.74 Å². The van der Waals surface area contributed by atoms with Gasteiger partial charge in [-0.05, 0) is 64.0 Å². The zero-order chi connectivity index (χ0) is 15.8. The van der Waals surface area contributed by atoms with Gasteiger partial charge in [-0.2, -0.15) is 0 Å². The first-order valence-electron chi connectivity index (χ1n) is 7.93. The average Bonchev–Trinajstić information content (AvgIpc) is 2.54. The van der Waals surface area contributed by atoms with Crippen molar-refractivity contribution in [1.29, 1.82) is 0 Å². The van der Waals surface area contributed by atoms with Crippen LogP contribution in [-0.2, 0) is 0 Å². The number of hydrogen-bond acceptors (Lipinski definition) is 5. The van der Waals surface area contributed by atoms with Crippen molar-refractivity contribution in [2.24, 2.45) is 5.92 Å². The van der Waals surface area contributed by atoms with Crippen LogP contribution in [0.5, 0.6) is 5.75 Å². The fourth-order valence-corrected chi connectivity index (χ4v) is 2.80. The Bertz CT molecular complexity index is 462. The third-order valence-electron chi connectivity index (χ3n) is 4.23. The molecule has 2 rings (SSSR count). The molecule has 1 N–H and O–H groups in total. The highest BCUT2D eigenvalue weighted by molar-refractivity contribution is 5.85. The van der Waals surface area contributed by atoms with Crippen molar-refractivity contribution < 1.29 is 9.66 Å². The van der Waals surface area contributed by atoms with Gasteiger partial charge in [-0.1, -0.05) is 0 Å². The molecular weight excluding hydrogens is 318 g/mol. The number of piperidine rings is 1. The Morgan fingerprint density at radius 2 is 1.96 bits per heavy atom. The quantitative estimate of drug-likeness (QED) is 0.580. The van der Waals surface area contributed by atoms with Crippen molar-refractivity contribution in [3.05, 3.63) is 34.4 Å². The summed E-state index contributed by atoms with van der Waals surface area (Å²) >= 11 is 0. The summed E-state index contributed by atoms with van der Waals surface area (Å²) in [6.45, 7) is 4.92. The second-order valence-electron chi connectivity index (χ2n) is 5.78. The number of non-ortho nitro benzene ring substituents is 1. The van der Waals surface area contributed by atoms with Crippen LogP contribution in [0, 0.1) is 16.0 Å². The van der Waals surface area contributed by atoms with Crippen molar-refractivity contribution >= 4 is 18.1 Å². The van der Waals surface area contributed by atoms with E-state index in [2.05, 4.69) is 10.2 Å².